The molecule has 1 N–H and O–H groups in total. The standard InChI is InChI=1S/C24H34N2O6/c1-6-26-16-19(22(28)31-7-2)21(27)18-15-17(10-11-20(18)26)9-8-13-30-14-12-25-23(29)32-24(3,4)5/h10-11,15-16H,6-9,12-14H2,1-5H3,(H,25,29). The zero-order valence-electron chi connectivity index (χ0n) is 19.7. The second kappa shape index (κ2) is 11.7. The van der Waals surface area contributed by atoms with Crippen molar-refractivity contribution in [1.82, 2.24) is 9.88 Å². The molecule has 1 amide bonds. The van der Waals surface area contributed by atoms with Gasteiger partial charge >= 0.3 is 12.1 Å². The number of pyridine rings is 1. The molecule has 0 atom stereocenters. The predicted octanol–water partition coefficient (Wildman–Crippen LogP) is 3.67. The molecule has 0 radical (unpaired) electrons. The molecule has 32 heavy (non-hydrogen) atoms. The Morgan fingerprint density at radius 2 is 1.88 bits per heavy atom. The molecule has 8 heteroatoms. The number of benzene rings is 1. The number of amides is 1. The van der Waals surface area contributed by atoms with Gasteiger partial charge in [-0.2, -0.15) is 0 Å². The maximum absolute atomic E-state index is 12.9. The van der Waals surface area contributed by atoms with Crippen LogP contribution in [0.4, 0.5) is 4.79 Å². The smallest absolute Gasteiger partial charge is 0.407 e. The molecule has 1 aromatic heterocycles. The van der Waals surface area contributed by atoms with Crippen molar-refractivity contribution in [2.24, 2.45) is 0 Å². The number of carbonyl (C=O) groups excluding carboxylic acids is 2. The van der Waals surface area contributed by atoms with Crippen molar-refractivity contribution in [3.63, 3.8) is 0 Å². The first-order chi connectivity index (χ1) is 15.2. The highest BCUT2D eigenvalue weighted by molar-refractivity contribution is 5.93. The Bertz CT molecular complexity index is 990. The zero-order chi connectivity index (χ0) is 23.7. The van der Waals surface area contributed by atoms with E-state index in [1.54, 1.807) is 13.1 Å². The van der Waals surface area contributed by atoms with Gasteiger partial charge in [0.1, 0.15) is 11.2 Å². The van der Waals surface area contributed by atoms with Gasteiger partial charge in [-0.15, -0.1) is 0 Å². The number of aromatic nitrogens is 1. The van der Waals surface area contributed by atoms with Gasteiger partial charge in [0.05, 0.1) is 18.7 Å². The maximum Gasteiger partial charge on any atom is 0.407 e. The Morgan fingerprint density at radius 1 is 1.12 bits per heavy atom. The third kappa shape index (κ3) is 7.37. The molecular formula is C24H34N2O6. The van der Waals surface area contributed by atoms with E-state index in [0.29, 0.717) is 31.7 Å². The van der Waals surface area contributed by atoms with Gasteiger partial charge in [0, 0.05) is 31.3 Å². The number of alkyl carbamates (subject to hydrolysis) is 1. The number of aryl methyl sites for hydroxylation is 2. The lowest BCUT2D eigenvalue weighted by molar-refractivity contribution is 0.0495. The van der Waals surface area contributed by atoms with Gasteiger partial charge in [-0.3, -0.25) is 4.79 Å². The number of ether oxygens (including phenoxy) is 3. The Labute approximate surface area is 188 Å². The van der Waals surface area contributed by atoms with Crippen LogP contribution in [0, 0.1) is 0 Å². The lowest BCUT2D eigenvalue weighted by atomic mass is 10.0. The van der Waals surface area contributed by atoms with Crippen LogP contribution in [0.2, 0.25) is 0 Å². The lowest BCUT2D eigenvalue weighted by Gasteiger charge is -2.19. The summed E-state index contributed by atoms with van der Waals surface area (Å²) < 4.78 is 17.6. The third-order valence-corrected chi connectivity index (χ3v) is 4.65. The molecule has 1 aromatic carbocycles. The van der Waals surface area contributed by atoms with Gasteiger partial charge in [0.25, 0.3) is 0 Å². The highest BCUT2D eigenvalue weighted by Crippen LogP contribution is 2.16. The van der Waals surface area contributed by atoms with Gasteiger partial charge in [0.2, 0.25) is 5.43 Å². The number of carbonyl (C=O) groups is 2. The average Bonchev–Trinajstić information content (AvgIpc) is 2.72. The van der Waals surface area contributed by atoms with Gasteiger partial charge in [-0.25, -0.2) is 9.59 Å². The first kappa shape index (κ1) is 25.4. The highest BCUT2D eigenvalue weighted by atomic mass is 16.6. The number of esters is 1. The molecule has 0 bridgehead atoms. The van der Waals surface area contributed by atoms with Crippen LogP contribution in [0.5, 0.6) is 0 Å². The summed E-state index contributed by atoms with van der Waals surface area (Å²) in [6.07, 6.45) is 2.60. The van der Waals surface area contributed by atoms with Crippen LogP contribution in [0.25, 0.3) is 10.9 Å². The fourth-order valence-electron chi connectivity index (χ4n) is 3.24. The summed E-state index contributed by atoms with van der Waals surface area (Å²) in [7, 11) is 0. The van der Waals surface area contributed by atoms with Crippen molar-refractivity contribution in [2.75, 3.05) is 26.4 Å². The van der Waals surface area contributed by atoms with Gasteiger partial charge in [-0.05, 0) is 65.2 Å². The van der Waals surface area contributed by atoms with Crippen LogP contribution >= 0.6 is 0 Å². The van der Waals surface area contributed by atoms with Crippen LogP contribution < -0.4 is 10.7 Å². The minimum absolute atomic E-state index is 0.0548. The Kier molecular flexibility index (Phi) is 9.26. The second-order valence-electron chi connectivity index (χ2n) is 8.37. The molecule has 2 rings (SSSR count). The van der Waals surface area contributed by atoms with E-state index in [1.807, 2.05) is 50.5 Å². The molecule has 8 nitrogen and oxygen atoms in total. The van der Waals surface area contributed by atoms with Crippen LogP contribution in [0.15, 0.2) is 29.2 Å². The molecule has 0 aliphatic rings. The van der Waals surface area contributed by atoms with E-state index >= 15 is 0 Å². The first-order valence-electron chi connectivity index (χ1n) is 11.0. The first-order valence-corrected chi connectivity index (χ1v) is 11.0. The molecular weight excluding hydrogens is 412 g/mol. The summed E-state index contributed by atoms with van der Waals surface area (Å²) >= 11 is 0. The molecule has 1 heterocycles. The van der Waals surface area contributed by atoms with Crippen molar-refractivity contribution < 1.29 is 23.8 Å². The Morgan fingerprint density at radius 3 is 2.53 bits per heavy atom. The SMILES string of the molecule is CCOC(=O)c1cn(CC)c2ccc(CCCOCCNC(=O)OC(C)(C)C)cc2c1=O. The molecule has 0 saturated heterocycles. The van der Waals surface area contributed by atoms with E-state index in [1.165, 1.54) is 0 Å². The molecule has 0 spiro atoms. The quantitative estimate of drug-likeness (QED) is 0.442. The van der Waals surface area contributed by atoms with E-state index in [2.05, 4.69) is 5.32 Å². The van der Waals surface area contributed by atoms with Crippen molar-refractivity contribution >= 4 is 23.0 Å². The van der Waals surface area contributed by atoms with Crippen LogP contribution in [-0.2, 0) is 27.2 Å². The monoisotopic (exact) mass is 446 g/mol. The number of nitrogens with zero attached hydrogens (tertiary/aromatic N) is 1. The van der Waals surface area contributed by atoms with Gasteiger partial charge in [-0.1, -0.05) is 6.07 Å². The van der Waals surface area contributed by atoms with E-state index in [9.17, 15) is 14.4 Å². The third-order valence-electron chi connectivity index (χ3n) is 4.65. The Hall–Kier alpha value is -2.87. The van der Waals surface area contributed by atoms with Crippen LogP contribution in [0.3, 0.4) is 0 Å². The molecule has 0 unspecified atom stereocenters. The molecule has 0 aliphatic carbocycles. The van der Waals surface area contributed by atoms with E-state index in [-0.39, 0.29) is 17.6 Å². The van der Waals surface area contributed by atoms with Crippen LogP contribution in [-0.4, -0.2) is 48.6 Å². The molecule has 0 saturated carbocycles. The summed E-state index contributed by atoms with van der Waals surface area (Å²) in [5.74, 6) is -0.597. The number of hydrogen-bond donors (Lipinski definition) is 1. The summed E-state index contributed by atoms with van der Waals surface area (Å²) in [5.41, 5.74) is 1.00. The number of nitrogens with one attached hydrogen (secondary N) is 1. The fraction of sp³-hybridized carbons (Fsp3) is 0.542. The molecule has 176 valence electrons. The topological polar surface area (TPSA) is 95.9 Å². The fourth-order valence-corrected chi connectivity index (χ4v) is 3.24. The van der Waals surface area contributed by atoms with E-state index in [4.69, 9.17) is 14.2 Å². The molecule has 2 aromatic rings. The maximum atomic E-state index is 12.9. The normalized spacial score (nSPS) is 11.4. The van der Waals surface area contributed by atoms with Crippen molar-refractivity contribution in [2.45, 2.75) is 59.6 Å². The van der Waals surface area contributed by atoms with Gasteiger partial charge < -0.3 is 24.1 Å². The zero-order valence-corrected chi connectivity index (χ0v) is 19.7. The van der Waals surface area contributed by atoms with E-state index in [0.717, 1.165) is 23.9 Å². The minimum atomic E-state index is -0.597. The summed E-state index contributed by atoms with van der Waals surface area (Å²) in [6, 6.07) is 5.74. The van der Waals surface area contributed by atoms with Crippen molar-refractivity contribution in [1.29, 1.82) is 0 Å². The minimum Gasteiger partial charge on any atom is -0.462 e. The second-order valence-corrected chi connectivity index (χ2v) is 8.37. The van der Waals surface area contributed by atoms with Crippen molar-refractivity contribution in [3.8, 4) is 0 Å². The summed E-state index contributed by atoms with van der Waals surface area (Å²) in [5, 5.41) is 3.16. The van der Waals surface area contributed by atoms with Crippen molar-refractivity contribution in [3.05, 3.63) is 45.7 Å². The molecule has 0 fully saturated rings. The average molecular weight is 447 g/mol. The lowest BCUT2D eigenvalue weighted by Crippen LogP contribution is -2.34. The van der Waals surface area contributed by atoms with E-state index < -0.39 is 17.7 Å². The largest absolute Gasteiger partial charge is 0.462 e. The van der Waals surface area contributed by atoms with Crippen LogP contribution in [0.1, 0.15) is 57.0 Å². The summed E-state index contributed by atoms with van der Waals surface area (Å²) in [4.78, 5) is 36.6. The Balaban J connectivity index is 1.92. The number of fused-ring (bicyclic) bond motifs is 1. The molecule has 0 aliphatic heterocycles. The van der Waals surface area contributed by atoms with Gasteiger partial charge in [0.15, 0.2) is 0 Å². The number of hydrogen-bond acceptors (Lipinski definition) is 6. The summed E-state index contributed by atoms with van der Waals surface area (Å²) in [6.45, 7) is 11.2. The highest BCUT2D eigenvalue weighted by Gasteiger charge is 2.17. The predicted molar refractivity (Wildman–Crippen MR) is 123 cm³/mol. The number of rotatable bonds is 10.